The molecule has 1 saturated heterocycles. The molecule has 118 valence electrons. The van der Waals surface area contributed by atoms with E-state index in [1.165, 1.54) is 0 Å². The van der Waals surface area contributed by atoms with Crippen LogP contribution in [0, 0.1) is 0 Å². The van der Waals surface area contributed by atoms with Gasteiger partial charge in [-0.25, -0.2) is 19.9 Å². The van der Waals surface area contributed by atoms with Gasteiger partial charge in [0.2, 0.25) is 5.95 Å². The molecule has 0 spiro atoms. The van der Waals surface area contributed by atoms with Crippen LogP contribution in [0.2, 0.25) is 0 Å². The summed E-state index contributed by atoms with van der Waals surface area (Å²) in [7, 11) is 0. The lowest BCUT2D eigenvalue weighted by Crippen LogP contribution is -2.34. The second-order valence-corrected chi connectivity index (χ2v) is 5.06. The standard InChI is InChI=1S/C12H13F3N6O/c13-12(14,15)8-1-4-16-10(17-8)21-5-2-7(3-6-21)9-18-11(22)20-19-9/h1,4,7H,2-3,5-6H2,(H2,18,19,20,22). The van der Waals surface area contributed by atoms with Gasteiger partial charge in [-0.1, -0.05) is 0 Å². The van der Waals surface area contributed by atoms with Crippen LogP contribution in [0.4, 0.5) is 19.1 Å². The first-order chi connectivity index (χ1) is 10.4. The van der Waals surface area contributed by atoms with Crippen molar-refractivity contribution >= 4 is 5.95 Å². The van der Waals surface area contributed by atoms with Gasteiger partial charge in [0.1, 0.15) is 11.5 Å². The van der Waals surface area contributed by atoms with Crippen molar-refractivity contribution in [2.45, 2.75) is 24.9 Å². The average Bonchev–Trinajstić information content (AvgIpc) is 2.93. The molecule has 1 aliphatic rings. The summed E-state index contributed by atoms with van der Waals surface area (Å²) in [5, 5.41) is 6.20. The summed E-state index contributed by atoms with van der Waals surface area (Å²) in [6.45, 7) is 1.00. The number of H-pyrrole nitrogens is 2. The number of aromatic amines is 2. The molecule has 0 bridgehead atoms. The maximum Gasteiger partial charge on any atom is 0.433 e. The lowest BCUT2D eigenvalue weighted by atomic mass is 9.96. The van der Waals surface area contributed by atoms with E-state index >= 15 is 0 Å². The molecule has 0 radical (unpaired) electrons. The van der Waals surface area contributed by atoms with Gasteiger partial charge in [-0.2, -0.15) is 18.3 Å². The van der Waals surface area contributed by atoms with E-state index in [-0.39, 0.29) is 17.6 Å². The van der Waals surface area contributed by atoms with Crippen molar-refractivity contribution in [3.63, 3.8) is 0 Å². The number of nitrogens with zero attached hydrogens (tertiary/aromatic N) is 4. The second-order valence-electron chi connectivity index (χ2n) is 5.06. The van der Waals surface area contributed by atoms with Crippen LogP contribution in [-0.2, 0) is 6.18 Å². The number of alkyl halides is 3. The lowest BCUT2D eigenvalue weighted by molar-refractivity contribution is -0.141. The molecule has 22 heavy (non-hydrogen) atoms. The maximum absolute atomic E-state index is 12.7. The van der Waals surface area contributed by atoms with E-state index in [9.17, 15) is 18.0 Å². The van der Waals surface area contributed by atoms with Crippen molar-refractivity contribution in [2.24, 2.45) is 0 Å². The summed E-state index contributed by atoms with van der Waals surface area (Å²) in [4.78, 5) is 22.8. The quantitative estimate of drug-likeness (QED) is 0.872. The third kappa shape index (κ3) is 2.95. The van der Waals surface area contributed by atoms with Gasteiger partial charge in [-0.3, -0.25) is 4.98 Å². The highest BCUT2D eigenvalue weighted by atomic mass is 19.4. The highest BCUT2D eigenvalue weighted by Gasteiger charge is 2.33. The van der Waals surface area contributed by atoms with Crippen LogP contribution >= 0.6 is 0 Å². The monoisotopic (exact) mass is 314 g/mol. The van der Waals surface area contributed by atoms with E-state index in [1.807, 2.05) is 0 Å². The third-order valence-corrected chi connectivity index (χ3v) is 3.62. The van der Waals surface area contributed by atoms with Gasteiger partial charge in [-0.15, -0.1) is 0 Å². The van der Waals surface area contributed by atoms with Crippen molar-refractivity contribution in [2.75, 3.05) is 18.0 Å². The lowest BCUT2D eigenvalue weighted by Gasteiger charge is -2.31. The number of hydrogen-bond donors (Lipinski definition) is 2. The number of anilines is 1. The van der Waals surface area contributed by atoms with Crippen molar-refractivity contribution in [1.29, 1.82) is 0 Å². The fraction of sp³-hybridized carbons (Fsp3) is 0.500. The molecule has 10 heteroatoms. The van der Waals surface area contributed by atoms with Gasteiger partial charge >= 0.3 is 11.9 Å². The van der Waals surface area contributed by atoms with Crippen molar-refractivity contribution in [1.82, 2.24) is 25.1 Å². The molecule has 2 aromatic heterocycles. The molecule has 3 rings (SSSR count). The number of piperidine rings is 1. The summed E-state index contributed by atoms with van der Waals surface area (Å²) >= 11 is 0. The highest BCUT2D eigenvalue weighted by molar-refractivity contribution is 5.32. The average molecular weight is 314 g/mol. The molecular formula is C12H13F3N6O. The molecule has 0 atom stereocenters. The zero-order valence-corrected chi connectivity index (χ0v) is 11.4. The van der Waals surface area contributed by atoms with Gasteiger partial charge in [0, 0.05) is 25.2 Å². The minimum Gasteiger partial charge on any atom is -0.341 e. The fourth-order valence-electron chi connectivity index (χ4n) is 2.49. The Bertz CT molecular complexity index is 701. The summed E-state index contributed by atoms with van der Waals surface area (Å²) in [6.07, 6.45) is -2.06. The van der Waals surface area contributed by atoms with E-state index in [4.69, 9.17) is 0 Å². The van der Waals surface area contributed by atoms with Gasteiger partial charge in [-0.05, 0) is 18.9 Å². The fourth-order valence-corrected chi connectivity index (χ4v) is 2.49. The molecule has 1 fully saturated rings. The van der Waals surface area contributed by atoms with Gasteiger partial charge < -0.3 is 4.90 Å². The van der Waals surface area contributed by atoms with Crippen LogP contribution in [-0.4, -0.2) is 38.2 Å². The predicted octanol–water partition coefficient (Wildman–Crippen LogP) is 1.29. The Hall–Kier alpha value is -2.39. The van der Waals surface area contributed by atoms with E-state index in [1.54, 1.807) is 4.90 Å². The molecule has 0 aliphatic carbocycles. The molecule has 7 nitrogen and oxygen atoms in total. The van der Waals surface area contributed by atoms with Gasteiger partial charge in [0.25, 0.3) is 0 Å². The molecule has 2 N–H and O–H groups in total. The predicted molar refractivity (Wildman–Crippen MR) is 70.4 cm³/mol. The van der Waals surface area contributed by atoms with Crippen LogP contribution in [0.3, 0.4) is 0 Å². The minimum absolute atomic E-state index is 0.0704. The molecule has 1 aliphatic heterocycles. The molecule has 3 heterocycles. The smallest absolute Gasteiger partial charge is 0.341 e. The summed E-state index contributed by atoms with van der Waals surface area (Å²) in [5.74, 6) is 0.722. The van der Waals surface area contributed by atoms with Crippen molar-refractivity contribution in [3.05, 3.63) is 34.3 Å². The first-order valence-electron chi connectivity index (χ1n) is 6.73. The van der Waals surface area contributed by atoms with Crippen molar-refractivity contribution < 1.29 is 13.2 Å². The SMILES string of the molecule is O=c1[nH]nc(C2CCN(c3nccc(C(F)(F)F)n3)CC2)[nH]1. The van der Waals surface area contributed by atoms with Gasteiger partial charge in [0.15, 0.2) is 0 Å². The third-order valence-electron chi connectivity index (χ3n) is 3.62. The Morgan fingerprint density at radius 1 is 1.27 bits per heavy atom. The number of aromatic nitrogens is 5. The molecule has 0 amide bonds. The number of rotatable bonds is 2. The number of nitrogens with one attached hydrogen (secondary N) is 2. The zero-order chi connectivity index (χ0) is 15.7. The zero-order valence-electron chi connectivity index (χ0n) is 11.4. The Kier molecular flexibility index (Phi) is 3.59. The van der Waals surface area contributed by atoms with Crippen LogP contribution < -0.4 is 10.6 Å². The van der Waals surface area contributed by atoms with E-state index in [0.29, 0.717) is 31.8 Å². The normalized spacial score (nSPS) is 17.0. The summed E-state index contributed by atoms with van der Waals surface area (Å²) < 4.78 is 38.0. The van der Waals surface area contributed by atoms with E-state index in [2.05, 4.69) is 25.1 Å². The Morgan fingerprint density at radius 3 is 2.59 bits per heavy atom. The number of halogens is 3. The summed E-state index contributed by atoms with van der Waals surface area (Å²) in [6, 6.07) is 0.852. The molecular weight excluding hydrogens is 301 g/mol. The summed E-state index contributed by atoms with van der Waals surface area (Å²) in [5.41, 5.74) is -1.31. The van der Waals surface area contributed by atoms with E-state index < -0.39 is 11.9 Å². The minimum atomic E-state index is -4.48. The van der Waals surface area contributed by atoms with Crippen LogP contribution in [0.1, 0.15) is 30.3 Å². The van der Waals surface area contributed by atoms with Crippen LogP contribution in [0.25, 0.3) is 0 Å². The number of hydrogen-bond acceptors (Lipinski definition) is 5. The highest BCUT2D eigenvalue weighted by Crippen LogP contribution is 2.30. The molecule has 0 aromatic carbocycles. The largest absolute Gasteiger partial charge is 0.433 e. The Balaban J connectivity index is 1.70. The molecule has 0 saturated carbocycles. The maximum atomic E-state index is 12.7. The first-order valence-corrected chi connectivity index (χ1v) is 6.73. The van der Waals surface area contributed by atoms with Crippen LogP contribution in [0.15, 0.2) is 17.1 Å². The molecule has 0 unspecified atom stereocenters. The van der Waals surface area contributed by atoms with Gasteiger partial charge in [0.05, 0.1) is 0 Å². The Labute approximate surface area is 122 Å². The van der Waals surface area contributed by atoms with Crippen LogP contribution in [0.5, 0.6) is 0 Å². The first kappa shape index (κ1) is 14.5. The van der Waals surface area contributed by atoms with E-state index in [0.717, 1.165) is 12.3 Å². The Morgan fingerprint density at radius 2 is 2.00 bits per heavy atom. The molecule has 2 aromatic rings. The second kappa shape index (κ2) is 5.43. The van der Waals surface area contributed by atoms with Crippen molar-refractivity contribution in [3.8, 4) is 0 Å². The topological polar surface area (TPSA) is 90.6 Å².